The Bertz CT molecular complexity index is 603. The van der Waals surface area contributed by atoms with Crippen molar-refractivity contribution < 1.29 is 9.53 Å². The molecule has 2 spiro atoms. The minimum atomic E-state index is 0.145. The van der Waals surface area contributed by atoms with Crippen LogP contribution in [0.1, 0.15) is 51.4 Å². The molecule has 0 aromatic rings. The highest BCUT2D eigenvalue weighted by Crippen LogP contribution is 2.74. The zero-order valence-corrected chi connectivity index (χ0v) is 16.3. The normalized spacial score (nSPS) is 46.0. The van der Waals surface area contributed by atoms with Crippen molar-refractivity contribution in [3.05, 3.63) is 0 Å². The van der Waals surface area contributed by atoms with Gasteiger partial charge in [0, 0.05) is 44.6 Å². The van der Waals surface area contributed by atoms with Crippen LogP contribution in [0.4, 0.5) is 0 Å². The first-order chi connectivity index (χ1) is 12.6. The van der Waals surface area contributed by atoms with Gasteiger partial charge >= 0.3 is 5.97 Å². The molecule has 0 aromatic heterocycles. The van der Waals surface area contributed by atoms with Gasteiger partial charge in [-0.05, 0) is 75.2 Å². The van der Waals surface area contributed by atoms with Gasteiger partial charge in [0.05, 0.1) is 5.92 Å². The van der Waals surface area contributed by atoms with Crippen LogP contribution in [0.25, 0.3) is 0 Å². The Balaban J connectivity index is 1.26. The van der Waals surface area contributed by atoms with Crippen LogP contribution in [0.15, 0.2) is 0 Å². The third-order valence-electron chi connectivity index (χ3n) is 9.54. The van der Waals surface area contributed by atoms with Gasteiger partial charge in [-0.15, -0.1) is 0 Å². The summed E-state index contributed by atoms with van der Waals surface area (Å²) in [7, 11) is 2.20. The number of fused-ring (bicyclic) bond motifs is 5. The number of rotatable bonds is 2. The van der Waals surface area contributed by atoms with Crippen LogP contribution >= 0.6 is 0 Å². The Hall–Kier alpha value is -0.610. The minimum absolute atomic E-state index is 0.145. The van der Waals surface area contributed by atoms with Crippen LogP contribution in [0, 0.1) is 34.5 Å². The standard InChI is InChI=1S/C22H34N2O2/c1-23-10-12-24(13-11-23)14-16-15-2-4-21(6-7-21)17-3-5-22(8-9-22)18(17)19(15)26-20(16)25/h15-19H,2-14H2,1H3. The van der Waals surface area contributed by atoms with Crippen molar-refractivity contribution in [3.8, 4) is 0 Å². The average Bonchev–Trinajstić information content (AvgIpc) is 3.52. The second kappa shape index (κ2) is 5.47. The number of likely N-dealkylation sites (N-methyl/N-ethyl adjacent to an activating group) is 1. The lowest BCUT2D eigenvalue weighted by atomic mass is 9.73. The largest absolute Gasteiger partial charge is 0.461 e. The number of hydrogen-bond donors (Lipinski definition) is 0. The first kappa shape index (κ1) is 16.4. The van der Waals surface area contributed by atoms with E-state index in [0.717, 1.165) is 38.6 Å². The third-order valence-corrected chi connectivity index (χ3v) is 9.54. The molecule has 4 saturated carbocycles. The van der Waals surface area contributed by atoms with Crippen LogP contribution in [0.5, 0.6) is 0 Å². The number of carbonyl (C=O) groups is 1. The average molecular weight is 359 g/mol. The first-order valence-corrected chi connectivity index (χ1v) is 11.2. The molecule has 4 aliphatic carbocycles. The third kappa shape index (κ3) is 2.30. The van der Waals surface area contributed by atoms with Crippen LogP contribution in [-0.4, -0.2) is 61.6 Å². The van der Waals surface area contributed by atoms with E-state index in [9.17, 15) is 4.79 Å². The molecule has 0 radical (unpaired) electrons. The first-order valence-electron chi connectivity index (χ1n) is 11.2. The highest BCUT2D eigenvalue weighted by molar-refractivity contribution is 5.75. The fraction of sp³-hybridized carbons (Fsp3) is 0.955. The maximum Gasteiger partial charge on any atom is 0.310 e. The number of carbonyl (C=O) groups excluding carboxylic acids is 1. The predicted octanol–water partition coefficient (Wildman–Crippen LogP) is 2.77. The molecular formula is C22H34N2O2. The summed E-state index contributed by atoms with van der Waals surface area (Å²) in [5, 5.41) is 0. The van der Waals surface area contributed by atoms with E-state index in [0.29, 0.717) is 22.7 Å². The van der Waals surface area contributed by atoms with Crippen LogP contribution < -0.4 is 0 Å². The molecule has 6 aliphatic rings. The molecule has 4 heteroatoms. The number of nitrogens with zero attached hydrogens (tertiary/aromatic N) is 2. The summed E-state index contributed by atoms with van der Waals surface area (Å²) in [5.41, 5.74) is 1.24. The zero-order valence-electron chi connectivity index (χ0n) is 16.3. The summed E-state index contributed by atoms with van der Waals surface area (Å²) < 4.78 is 6.26. The second-order valence-corrected chi connectivity index (χ2v) is 10.7. The fourth-order valence-corrected chi connectivity index (χ4v) is 7.58. The van der Waals surface area contributed by atoms with Gasteiger partial charge < -0.3 is 9.64 Å². The quantitative estimate of drug-likeness (QED) is 0.711. The molecule has 6 rings (SSSR count). The molecule has 5 unspecified atom stereocenters. The molecule has 6 fully saturated rings. The summed E-state index contributed by atoms with van der Waals surface area (Å²) >= 11 is 0. The van der Waals surface area contributed by atoms with Gasteiger partial charge in [0.2, 0.25) is 0 Å². The summed E-state index contributed by atoms with van der Waals surface area (Å²) in [6, 6.07) is 0. The van der Waals surface area contributed by atoms with Crippen molar-refractivity contribution >= 4 is 5.97 Å². The van der Waals surface area contributed by atoms with Crippen molar-refractivity contribution in [2.45, 2.75) is 57.5 Å². The van der Waals surface area contributed by atoms with E-state index >= 15 is 0 Å². The fourth-order valence-electron chi connectivity index (χ4n) is 7.58. The molecule has 0 aromatic carbocycles. The summed E-state index contributed by atoms with van der Waals surface area (Å²) in [5.74, 6) is 2.38. The maximum absolute atomic E-state index is 12.9. The molecule has 0 bridgehead atoms. The molecule has 0 N–H and O–H groups in total. The predicted molar refractivity (Wildman–Crippen MR) is 99.6 cm³/mol. The summed E-state index contributed by atoms with van der Waals surface area (Å²) in [4.78, 5) is 17.9. The van der Waals surface area contributed by atoms with Crippen LogP contribution in [0.3, 0.4) is 0 Å². The Morgan fingerprint density at radius 3 is 2.35 bits per heavy atom. The Labute approximate surface area is 157 Å². The molecule has 4 nitrogen and oxygen atoms in total. The van der Waals surface area contributed by atoms with E-state index in [1.165, 1.54) is 51.4 Å². The summed E-state index contributed by atoms with van der Waals surface area (Å²) in [6.07, 6.45) is 11.5. The molecular weight excluding hydrogens is 324 g/mol. The lowest BCUT2D eigenvalue weighted by Crippen LogP contribution is -2.47. The van der Waals surface area contributed by atoms with Crippen molar-refractivity contribution in [3.63, 3.8) is 0 Å². The van der Waals surface area contributed by atoms with Gasteiger partial charge in [-0.2, -0.15) is 0 Å². The molecule has 2 saturated heterocycles. The van der Waals surface area contributed by atoms with E-state index in [4.69, 9.17) is 4.74 Å². The van der Waals surface area contributed by atoms with E-state index in [-0.39, 0.29) is 18.0 Å². The molecule has 2 heterocycles. The van der Waals surface area contributed by atoms with Gasteiger partial charge in [0.25, 0.3) is 0 Å². The van der Waals surface area contributed by atoms with Gasteiger partial charge in [0.15, 0.2) is 0 Å². The highest BCUT2D eigenvalue weighted by atomic mass is 16.6. The van der Waals surface area contributed by atoms with E-state index in [1.54, 1.807) is 0 Å². The SMILES string of the molecule is CN1CCN(CC2C(=O)OC3C2CCC2(CC2)C2CCC4(CC4)C32)CC1. The Kier molecular flexibility index (Phi) is 3.44. The molecule has 2 aliphatic heterocycles. The molecule has 0 amide bonds. The number of piperazine rings is 1. The molecule has 5 atom stereocenters. The molecule has 144 valence electrons. The Morgan fingerprint density at radius 2 is 1.65 bits per heavy atom. The van der Waals surface area contributed by atoms with Crippen molar-refractivity contribution in [1.82, 2.24) is 9.80 Å². The zero-order chi connectivity index (χ0) is 17.5. The van der Waals surface area contributed by atoms with Crippen LogP contribution in [-0.2, 0) is 9.53 Å². The van der Waals surface area contributed by atoms with Crippen molar-refractivity contribution in [2.75, 3.05) is 39.8 Å². The monoisotopic (exact) mass is 358 g/mol. The van der Waals surface area contributed by atoms with Gasteiger partial charge in [-0.3, -0.25) is 9.69 Å². The maximum atomic E-state index is 12.9. The van der Waals surface area contributed by atoms with Gasteiger partial charge in [-0.25, -0.2) is 0 Å². The van der Waals surface area contributed by atoms with Crippen LogP contribution in [0.2, 0.25) is 0 Å². The minimum Gasteiger partial charge on any atom is -0.461 e. The van der Waals surface area contributed by atoms with E-state index in [2.05, 4.69) is 16.8 Å². The van der Waals surface area contributed by atoms with Crippen molar-refractivity contribution in [2.24, 2.45) is 34.5 Å². The second-order valence-electron chi connectivity index (χ2n) is 10.7. The lowest BCUT2D eigenvalue weighted by molar-refractivity contribution is -0.148. The lowest BCUT2D eigenvalue weighted by Gasteiger charge is -2.35. The topological polar surface area (TPSA) is 32.8 Å². The molecule has 26 heavy (non-hydrogen) atoms. The Morgan fingerprint density at radius 1 is 0.962 bits per heavy atom. The van der Waals surface area contributed by atoms with Gasteiger partial charge in [0.1, 0.15) is 6.10 Å². The number of hydrogen-bond acceptors (Lipinski definition) is 4. The number of ether oxygens (including phenoxy) is 1. The van der Waals surface area contributed by atoms with Gasteiger partial charge in [-0.1, -0.05) is 0 Å². The smallest absolute Gasteiger partial charge is 0.310 e. The van der Waals surface area contributed by atoms with E-state index < -0.39 is 0 Å². The highest BCUT2D eigenvalue weighted by Gasteiger charge is 2.69. The van der Waals surface area contributed by atoms with E-state index in [1.807, 2.05) is 0 Å². The number of esters is 1. The summed E-state index contributed by atoms with van der Waals surface area (Å²) in [6.45, 7) is 5.43. The van der Waals surface area contributed by atoms with Crippen molar-refractivity contribution in [1.29, 1.82) is 0 Å².